The topological polar surface area (TPSA) is 277 Å². The maximum Gasteiger partial charge on any atom is 0.247 e. The average Bonchev–Trinajstić information content (AvgIpc) is 3.74. The van der Waals surface area contributed by atoms with Gasteiger partial charge in [-0.1, -0.05) is 36.4 Å². The Kier molecular flexibility index (Phi) is 12.5. The van der Waals surface area contributed by atoms with Gasteiger partial charge in [-0.05, 0) is 48.6 Å². The van der Waals surface area contributed by atoms with Gasteiger partial charge in [0.2, 0.25) is 29.5 Å². The first-order valence-corrected chi connectivity index (χ1v) is 15.8. The lowest BCUT2D eigenvalue weighted by Crippen LogP contribution is -2.56. The van der Waals surface area contributed by atoms with Crippen LogP contribution in [-0.4, -0.2) is 94.3 Å². The maximum atomic E-state index is 13.8. The number of primary amides is 1. The summed E-state index contributed by atoms with van der Waals surface area (Å²) in [6.45, 7) is -0.315. The number of halogens is 1. The highest BCUT2D eigenvalue weighted by Gasteiger charge is 2.35. The van der Waals surface area contributed by atoms with Gasteiger partial charge < -0.3 is 53.9 Å². The molecule has 0 saturated carbocycles. The van der Waals surface area contributed by atoms with E-state index in [1.54, 1.807) is 12.3 Å². The fourth-order valence-corrected chi connectivity index (χ4v) is 5.52. The Labute approximate surface area is 286 Å². The van der Waals surface area contributed by atoms with E-state index in [0.29, 0.717) is 5.56 Å². The number of carbonyl (C=O) groups is 5. The molecule has 17 heteroatoms. The van der Waals surface area contributed by atoms with E-state index in [2.05, 4.69) is 25.9 Å². The van der Waals surface area contributed by atoms with E-state index >= 15 is 0 Å². The van der Waals surface area contributed by atoms with Gasteiger partial charge in [0.05, 0.1) is 12.6 Å². The van der Waals surface area contributed by atoms with Gasteiger partial charge in [0.1, 0.15) is 18.1 Å². The highest BCUT2D eigenvalue weighted by molar-refractivity contribution is 5.96. The molecule has 4 rings (SSSR count). The van der Waals surface area contributed by atoms with E-state index in [4.69, 9.17) is 22.9 Å². The number of para-hydroxylation sites is 1. The summed E-state index contributed by atoms with van der Waals surface area (Å²) >= 11 is 0. The third-order valence-corrected chi connectivity index (χ3v) is 8.07. The summed E-state index contributed by atoms with van der Waals surface area (Å²) in [6.07, 6.45) is 5.20. The van der Waals surface area contributed by atoms with Gasteiger partial charge in [0, 0.05) is 36.6 Å². The number of H-pyrrole nitrogens is 1. The van der Waals surface area contributed by atoms with Crippen LogP contribution in [0.1, 0.15) is 24.0 Å². The predicted molar refractivity (Wildman–Crippen MR) is 182 cm³/mol. The van der Waals surface area contributed by atoms with Crippen molar-refractivity contribution in [3.05, 3.63) is 77.8 Å². The Balaban J connectivity index is 1.37. The fraction of sp³-hybridized carbons (Fsp3) is 0.333. The van der Waals surface area contributed by atoms with Crippen molar-refractivity contribution < 1.29 is 33.5 Å². The van der Waals surface area contributed by atoms with Crippen LogP contribution in [0.5, 0.6) is 5.75 Å². The molecule has 0 radical (unpaired) electrons. The van der Waals surface area contributed by atoms with Crippen molar-refractivity contribution in [1.82, 2.24) is 25.8 Å². The first-order valence-electron chi connectivity index (χ1n) is 15.8. The number of nitrogens with zero attached hydrogens (tertiary/aromatic N) is 2. The molecule has 50 heavy (non-hydrogen) atoms. The number of fused-ring (bicyclic) bond motifs is 1. The number of nitrogens with two attached hydrogens (primary N) is 4. The number of aliphatic imine (C=N–C) groups is 1. The van der Waals surface area contributed by atoms with E-state index in [0.717, 1.165) is 28.6 Å². The van der Waals surface area contributed by atoms with Crippen molar-refractivity contribution in [2.45, 2.75) is 49.9 Å². The van der Waals surface area contributed by atoms with Crippen molar-refractivity contribution in [1.29, 1.82) is 0 Å². The van der Waals surface area contributed by atoms with Gasteiger partial charge in [-0.25, -0.2) is 4.39 Å². The number of benzene rings is 2. The molecule has 16 nitrogen and oxygen atoms in total. The molecule has 266 valence electrons. The molecule has 0 aliphatic carbocycles. The summed E-state index contributed by atoms with van der Waals surface area (Å²) in [5.41, 5.74) is 24.4. The number of hydrogen-bond donors (Lipinski definition) is 9. The maximum absolute atomic E-state index is 13.8. The molecule has 2 heterocycles. The van der Waals surface area contributed by atoms with Gasteiger partial charge >= 0.3 is 0 Å². The molecule has 2 aromatic carbocycles. The third kappa shape index (κ3) is 9.79. The second-order valence-corrected chi connectivity index (χ2v) is 11.8. The van der Waals surface area contributed by atoms with Crippen molar-refractivity contribution in [2.24, 2.45) is 27.9 Å². The number of carbonyl (C=O) groups excluding carboxylic acids is 5. The quantitative estimate of drug-likeness (QED) is 0.0366. The molecule has 5 amide bonds. The molecule has 3 aromatic rings. The van der Waals surface area contributed by atoms with Crippen LogP contribution in [0.15, 0.2) is 65.8 Å². The van der Waals surface area contributed by atoms with Crippen LogP contribution < -0.4 is 38.9 Å². The standard InChI is InChI=1S/C33H41FN10O6/c34-21-13-18(9-10-27(21)45)14-22(35)32(50)44-12-4-8-26(44)31(49)43-24(7-3-11-39-33(37)38)30(48)41-17-28(46)42-25(29(36)47)15-19-16-40-23-6-2-1-5-20(19)23/h1-2,4-6,8-10,13,16,22,24-26,40,45H,3,7,11-12,14-15,17,35H2,(H2,36,47)(H,41,48)(H,42,46)(H,43,49)(H4,37,38,39)/t22-,24-,25-,26-/m0/s1. The molecule has 4 atom stereocenters. The summed E-state index contributed by atoms with van der Waals surface area (Å²) in [4.78, 5) is 73.1. The van der Waals surface area contributed by atoms with Gasteiger partial charge in [0.25, 0.3) is 0 Å². The Morgan fingerprint density at radius 2 is 1.80 bits per heavy atom. The minimum absolute atomic E-state index is 0.0584. The lowest BCUT2D eigenvalue weighted by Gasteiger charge is -2.28. The monoisotopic (exact) mass is 692 g/mol. The molecule has 1 aliphatic heterocycles. The van der Waals surface area contributed by atoms with Gasteiger partial charge in [-0.3, -0.25) is 29.0 Å². The minimum Gasteiger partial charge on any atom is -0.505 e. The Bertz CT molecular complexity index is 1790. The molecule has 0 unspecified atom stereocenters. The average molecular weight is 693 g/mol. The van der Waals surface area contributed by atoms with Crippen LogP contribution in [0, 0.1) is 5.82 Å². The van der Waals surface area contributed by atoms with Crippen LogP contribution in [0.25, 0.3) is 10.9 Å². The van der Waals surface area contributed by atoms with Gasteiger partial charge in [-0.15, -0.1) is 0 Å². The highest BCUT2D eigenvalue weighted by Crippen LogP contribution is 2.20. The normalized spacial score (nSPS) is 15.6. The van der Waals surface area contributed by atoms with Crippen LogP contribution >= 0.6 is 0 Å². The number of hydrogen-bond acceptors (Lipinski definition) is 8. The largest absolute Gasteiger partial charge is 0.505 e. The lowest BCUT2D eigenvalue weighted by molar-refractivity contribution is -0.139. The van der Waals surface area contributed by atoms with E-state index in [-0.39, 0.29) is 44.7 Å². The zero-order chi connectivity index (χ0) is 36.4. The van der Waals surface area contributed by atoms with Crippen LogP contribution in [-0.2, 0) is 36.8 Å². The first-order chi connectivity index (χ1) is 23.8. The molecule has 13 N–H and O–H groups in total. The zero-order valence-corrected chi connectivity index (χ0v) is 27.1. The van der Waals surface area contributed by atoms with Gasteiger partial charge in [-0.2, -0.15) is 0 Å². The van der Waals surface area contributed by atoms with Crippen LogP contribution in [0.2, 0.25) is 0 Å². The van der Waals surface area contributed by atoms with E-state index < -0.39 is 71.8 Å². The summed E-state index contributed by atoms with van der Waals surface area (Å²) < 4.78 is 13.8. The summed E-state index contributed by atoms with van der Waals surface area (Å²) in [7, 11) is 0. The second-order valence-electron chi connectivity index (χ2n) is 11.8. The van der Waals surface area contributed by atoms with Crippen LogP contribution in [0.4, 0.5) is 4.39 Å². The molecular formula is C33H41FN10O6. The Hall–Kier alpha value is -5.97. The number of phenols is 1. The molecule has 0 saturated heterocycles. The number of aromatic nitrogens is 1. The molecule has 1 aliphatic rings. The Morgan fingerprint density at radius 3 is 2.52 bits per heavy atom. The lowest BCUT2D eigenvalue weighted by atomic mass is 10.0. The molecule has 0 bridgehead atoms. The van der Waals surface area contributed by atoms with E-state index in [1.165, 1.54) is 17.0 Å². The number of aromatic hydroxyl groups is 1. The highest BCUT2D eigenvalue weighted by atomic mass is 19.1. The number of rotatable bonds is 16. The predicted octanol–water partition coefficient (Wildman–Crippen LogP) is -1.48. The van der Waals surface area contributed by atoms with Gasteiger partial charge in [0.15, 0.2) is 17.5 Å². The van der Waals surface area contributed by atoms with E-state index in [1.807, 2.05) is 24.3 Å². The smallest absolute Gasteiger partial charge is 0.247 e. The number of nitrogens with one attached hydrogen (secondary N) is 4. The van der Waals surface area contributed by atoms with Crippen molar-refractivity contribution >= 4 is 46.4 Å². The summed E-state index contributed by atoms with van der Waals surface area (Å²) in [5.74, 6) is -5.00. The number of aromatic amines is 1. The Morgan fingerprint density at radius 1 is 1.04 bits per heavy atom. The summed E-state index contributed by atoms with van der Waals surface area (Å²) in [5, 5.41) is 17.9. The van der Waals surface area contributed by atoms with Crippen molar-refractivity contribution in [2.75, 3.05) is 19.6 Å². The molecular weight excluding hydrogens is 651 g/mol. The number of phenolic OH excluding ortho intramolecular Hbond substituents is 1. The molecule has 0 fully saturated rings. The number of amides is 5. The van der Waals surface area contributed by atoms with Crippen molar-refractivity contribution in [3.63, 3.8) is 0 Å². The zero-order valence-electron chi connectivity index (χ0n) is 27.1. The molecule has 1 aromatic heterocycles. The second kappa shape index (κ2) is 16.9. The fourth-order valence-electron chi connectivity index (χ4n) is 5.52. The third-order valence-electron chi connectivity index (χ3n) is 8.07. The van der Waals surface area contributed by atoms with Crippen molar-refractivity contribution in [3.8, 4) is 5.75 Å². The molecule has 0 spiro atoms. The van der Waals surface area contributed by atoms with E-state index in [9.17, 15) is 33.5 Å². The van der Waals surface area contributed by atoms with Crippen LogP contribution in [0.3, 0.4) is 0 Å². The minimum atomic E-state index is -1.16. The number of guanidine groups is 1. The SMILES string of the molecule is NC(=O)[C@H](Cc1c[nH]c2ccccc12)NC(=O)CNC(=O)[C@H](CCCN=C(N)N)NC(=O)[C@@H]1C=CCN1C(=O)[C@@H](N)Cc1ccc(O)c(F)c1. The summed E-state index contributed by atoms with van der Waals surface area (Å²) in [6, 6.07) is 6.62. The first kappa shape index (κ1) is 36.9.